The lowest BCUT2D eigenvalue weighted by atomic mass is 10.1. The fraction of sp³-hybridized carbons (Fsp3) is 0.643. The molecule has 0 aliphatic carbocycles. The molecule has 0 aromatic carbocycles. The number of pyridine rings is 1. The minimum absolute atomic E-state index is 0.183. The lowest BCUT2D eigenvalue weighted by Crippen LogP contribution is -2.45. The smallest absolute Gasteiger partial charge is 0.213 e. The minimum Gasteiger partial charge on any atom is -0.481 e. The zero-order valence-electron chi connectivity index (χ0n) is 12.6. The fourth-order valence-corrected chi connectivity index (χ4v) is 3.55. The molecule has 0 unspecified atom stereocenters. The van der Waals surface area contributed by atoms with Gasteiger partial charge < -0.3 is 10.1 Å². The Morgan fingerprint density at radius 1 is 1.38 bits per heavy atom. The lowest BCUT2D eigenvalue weighted by Gasteiger charge is -2.31. The molecular weight excluding hydrogens is 290 g/mol. The van der Waals surface area contributed by atoms with Crippen molar-refractivity contribution in [3.05, 3.63) is 23.9 Å². The normalized spacial score (nSPS) is 17.8. The Labute approximate surface area is 126 Å². The fourth-order valence-electron chi connectivity index (χ4n) is 2.42. The number of nitrogens with one attached hydrogen (secondary N) is 1. The molecule has 1 fully saturated rings. The van der Waals surface area contributed by atoms with E-state index in [0.29, 0.717) is 25.0 Å². The Bertz CT molecular complexity index is 537. The van der Waals surface area contributed by atoms with E-state index in [2.05, 4.69) is 10.3 Å². The van der Waals surface area contributed by atoms with Crippen LogP contribution in [-0.4, -0.2) is 49.7 Å². The van der Waals surface area contributed by atoms with Crippen molar-refractivity contribution < 1.29 is 13.2 Å². The van der Waals surface area contributed by atoms with E-state index in [0.717, 1.165) is 24.9 Å². The van der Waals surface area contributed by atoms with Crippen LogP contribution in [0, 0.1) is 0 Å². The van der Waals surface area contributed by atoms with Gasteiger partial charge in [-0.3, -0.25) is 0 Å². The van der Waals surface area contributed by atoms with Crippen LogP contribution in [0.2, 0.25) is 0 Å². The molecule has 1 aromatic rings. The van der Waals surface area contributed by atoms with Crippen LogP contribution >= 0.6 is 0 Å². The van der Waals surface area contributed by atoms with Gasteiger partial charge in [0.1, 0.15) is 0 Å². The molecule has 1 aromatic heterocycles. The van der Waals surface area contributed by atoms with E-state index in [1.807, 2.05) is 12.1 Å². The van der Waals surface area contributed by atoms with Crippen molar-refractivity contribution in [3.63, 3.8) is 0 Å². The average molecular weight is 313 g/mol. The van der Waals surface area contributed by atoms with Gasteiger partial charge in [0.15, 0.2) is 0 Å². The topological polar surface area (TPSA) is 71.5 Å². The Morgan fingerprint density at radius 2 is 2.10 bits per heavy atom. The molecule has 0 saturated carbocycles. The van der Waals surface area contributed by atoms with Crippen LogP contribution in [0.25, 0.3) is 0 Å². The molecule has 0 radical (unpaired) electrons. The predicted octanol–water partition coefficient (Wildman–Crippen LogP) is 0.994. The van der Waals surface area contributed by atoms with Gasteiger partial charge in [-0.05, 0) is 25.3 Å². The molecule has 2 heterocycles. The first-order chi connectivity index (χ1) is 10.0. The summed E-state index contributed by atoms with van der Waals surface area (Å²) < 4.78 is 30.2. The van der Waals surface area contributed by atoms with Crippen molar-refractivity contribution in [1.29, 1.82) is 0 Å². The summed E-state index contributed by atoms with van der Waals surface area (Å²) in [6.07, 6.45) is 3.49. The summed E-state index contributed by atoms with van der Waals surface area (Å²) in [4.78, 5) is 4.17. The summed E-state index contributed by atoms with van der Waals surface area (Å²) in [7, 11) is -1.44. The number of hydrogen-bond acceptors (Lipinski definition) is 5. The van der Waals surface area contributed by atoms with Gasteiger partial charge in [-0.1, -0.05) is 6.07 Å². The monoisotopic (exact) mass is 313 g/mol. The molecule has 2 rings (SSSR count). The van der Waals surface area contributed by atoms with Gasteiger partial charge in [-0.25, -0.2) is 17.7 Å². The maximum Gasteiger partial charge on any atom is 0.213 e. The molecule has 0 bridgehead atoms. The molecule has 1 aliphatic heterocycles. The molecular formula is C14H23N3O3S. The second-order valence-electron chi connectivity index (χ2n) is 5.16. The van der Waals surface area contributed by atoms with Crippen LogP contribution in [0.4, 0.5) is 0 Å². The highest BCUT2D eigenvalue weighted by Gasteiger charge is 2.26. The van der Waals surface area contributed by atoms with Crippen LogP contribution in [0.3, 0.4) is 0 Å². The van der Waals surface area contributed by atoms with Crippen LogP contribution in [0.1, 0.15) is 25.3 Å². The van der Waals surface area contributed by atoms with E-state index in [-0.39, 0.29) is 5.75 Å². The number of sulfonamides is 1. The number of hydrogen-bond donors (Lipinski definition) is 1. The molecule has 6 nitrogen and oxygen atoms in total. The van der Waals surface area contributed by atoms with Gasteiger partial charge in [0, 0.05) is 37.9 Å². The summed E-state index contributed by atoms with van der Waals surface area (Å²) >= 11 is 0. The first-order valence-electron chi connectivity index (χ1n) is 7.25. The molecule has 0 spiro atoms. The van der Waals surface area contributed by atoms with E-state index < -0.39 is 10.0 Å². The number of rotatable bonds is 6. The quantitative estimate of drug-likeness (QED) is 0.848. The second kappa shape index (κ2) is 7.20. The highest BCUT2D eigenvalue weighted by atomic mass is 32.2. The minimum atomic E-state index is -3.04. The van der Waals surface area contributed by atoms with Crippen LogP contribution in [-0.2, 0) is 16.6 Å². The van der Waals surface area contributed by atoms with Crippen molar-refractivity contribution in [1.82, 2.24) is 14.6 Å². The largest absolute Gasteiger partial charge is 0.481 e. The molecule has 7 heteroatoms. The number of aromatic nitrogens is 1. The third-order valence-electron chi connectivity index (χ3n) is 3.81. The van der Waals surface area contributed by atoms with E-state index in [4.69, 9.17) is 4.74 Å². The SMILES string of the molecule is CCS(=O)(=O)N1CCC(NCc2ccc(OC)nc2)CC1. The molecule has 1 N–H and O–H groups in total. The standard InChI is InChI=1S/C14H23N3O3S/c1-3-21(18,19)17-8-6-13(7-9-17)15-10-12-4-5-14(20-2)16-11-12/h4-5,11,13,15H,3,6-10H2,1-2H3. The number of nitrogens with zero attached hydrogens (tertiary/aromatic N) is 2. The Morgan fingerprint density at radius 3 is 2.62 bits per heavy atom. The zero-order valence-corrected chi connectivity index (χ0v) is 13.4. The molecule has 0 amide bonds. The van der Waals surface area contributed by atoms with E-state index in [1.165, 1.54) is 0 Å². The highest BCUT2D eigenvalue weighted by Crippen LogP contribution is 2.15. The van der Waals surface area contributed by atoms with Crippen LogP contribution < -0.4 is 10.1 Å². The summed E-state index contributed by atoms with van der Waals surface area (Å²) in [5, 5.41) is 3.46. The predicted molar refractivity (Wildman–Crippen MR) is 81.7 cm³/mol. The van der Waals surface area contributed by atoms with Crippen molar-refractivity contribution in [3.8, 4) is 5.88 Å². The first kappa shape index (κ1) is 16.2. The van der Waals surface area contributed by atoms with Crippen LogP contribution in [0.15, 0.2) is 18.3 Å². The molecule has 1 aliphatic rings. The van der Waals surface area contributed by atoms with E-state index in [9.17, 15) is 8.42 Å². The lowest BCUT2D eigenvalue weighted by molar-refractivity contribution is 0.289. The summed E-state index contributed by atoms with van der Waals surface area (Å²) in [5.74, 6) is 0.791. The third-order valence-corrected chi connectivity index (χ3v) is 5.70. The highest BCUT2D eigenvalue weighted by molar-refractivity contribution is 7.89. The van der Waals surface area contributed by atoms with Gasteiger partial charge in [-0.15, -0.1) is 0 Å². The van der Waals surface area contributed by atoms with Gasteiger partial charge in [0.05, 0.1) is 12.9 Å². The summed E-state index contributed by atoms with van der Waals surface area (Å²) in [6.45, 7) is 3.64. The average Bonchev–Trinajstić information content (AvgIpc) is 2.54. The third kappa shape index (κ3) is 4.39. The summed E-state index contributed by atoms with van der Waals surface area (Å²) in [5.41, 5.74) is 1.10. The first-order valence-corrected chi connectivity index (χ1v) is 8.86. The number of ether oxygens (including phenoxy) is 1. The Hall–Kier alpha value is -1.18. The summed E-state index contributed by atoms with van der Waals surface area (Å²) in [6, 6.07) is 4.18. The van der Waals surface area contributed by atoms with Crippen molar-refractivity contribution >= 4 is 10.0 Å². The van der Waals surface area contributed by atoms with Crippen molar-refractivity contribution in [2.75, 3.05) is 26.0 Å². The number of methoxy groups -OCH3 is 1. The van der Waals surface area contributed by atoms with Crippen molar-refractivity contribution in [2.45, 2.75) is 32.4 Å². The Kier molecular flexibility index (Phi) is 5.55. The van der Waals surface area contributed by atoms with Gasteiger partial charge in [0.25, 0.3) is 0 Å². The Balaban J connectivity index is 1.78. The molecule has 118 valence electrons. The second-order valence-corrected chi connectivity index (χ2v) is 7.42. The maximum absolute atomic E-state index is 11.8. The van der Waals surface area contributed by atoms with Crippen LogP contribution in [0.5, 0.6) is 5.88 Å². The van der Waals surface area contributed by atoms with Gasteiger partial charge in [-0.2, -0.15) is 0 Å². The molecule has 21 heavy (non-hydrogen) atoms. The molecule has 1 saturated heterocycles. The molecule has 0 atom stereocenters. The van der Waals surface area contributed by atoms with Gasteiger partial charge >= 0.3 is 0 Å². The van der Waals surface area contributed by atoms with E-state index in [1.54, 1.807) is 24.5 Å². The maximum atomic E-state index is 11.8. The van der Waals surface area contributed by atoms with Gasteiger partial charge in [0.2, 0.25) is 15.9 Å². The number of piperidine rings is 1. The van der Waals surface area contributed by atoms with Crippen molar-refractivity contribution in [2.24, 2.45) is 0 Å². The zero-order chi connectivity index (χ0) is 15.3. The van der Waals surface area contributed by atoms with E-state index >= 15 is 0 Å².